The Morgan fingerprint density at radius 2 is 1.93 bits per heavy atom. The molecule has 0 fully saturated rings. The third-order valence-electron chi connectivity index (χ3n) is 5.35. The number of benzene rings is 2. The van der Waals surface area contributed by atoms with E-state index in [1.54, 1.807) is 6.26 Å². The summed E-state index contributed by atoms with van der Waals surface area (Å²) in [6.07, 6.45) is 2.19. The highest BCUT2D eigenvalue weighted by atomic mass is 35.5. The Hall–Kier alpha value is -3.38. The van der Waals surface area contributed by atoms with Gasteiger partial charge < -0.3 is 8.98 Å². The van der Waals surface area contributed by atoms with Crippen LogP contribution in [-0.2, 0) is 11.3 Å². The summed E-state index contributed by atoms with van der Waals surface area (Å²) in [5, 5.41) is 6.88. The molecule has 3 heterocycles. The lowest BCUT2D eigenvalue weighted by Gasteiger charge is -2.20. The van der Waals surface area contributed by atoms with Gasteiger partial charge in [-0.15, -0.1) is 0 Å². The molecule has 0 saturated carbocycles. The van der Waals surface area contributed by atoms with Crippen molar-refractivity contribution in [3.8, 4) is 0 Å². The molecule has 6 nitrogen and oxygen atoms in total. The van der Waals surface area contributed by atoms with Crippen molar-refractivity contribution < 1.29 is 9.21 Å². The summed E-state index contributed by atoms with van der Waals surface area (Å²) in [7, 11) is 0. The highest BCUT2D eigenvalue weighted by Gasteiger charge is 2.35. The first kappa shape index (κ1) is 18.6. The summed E-state index contributed by atoms with van der Waals surface area (Å²) in [6, 6.07) is 18.7. The van der Waals surface area contributed by atoms with Crippen molar-refractivity contribution in [2.45, 2.75) is 25.9 Å². The van der Waals surface area contributed by atoms with Crippen LogP contribution >= 0.6 is 11.6 Å². The van der Waals surface area contributed by atoms with Crippen LogP contribution in [0.1, 0.15) is 29.6 Å². The molecule has 150 valence electrons. The molecular weight excluding hydrogens is 400 g/mol. The first-order valence-electron chi connectivity index (χ1n) is 9.71. The van der Waals surface area contributed by atoms with Crippen LogP contribution in [-0.4, -0.2) is 26.2 Å². The zero-order chi connectivity index (χ0) is 20.7. The third kappa shape index (κ3) is 3.29. The van der Waals surface area contributed by atoms with Gasteiger partial charge in [-0.3, -0.25) is 4.79 Å². The van der Waals surface area contributed by atoms with E-state index in [0.29, 0.717) is 17.2 Å². The highest BCUT2D eigenvalue weighted by Crippen LogP contribution is 2.33. The van der Waals surface area contributed by atoms with Crippen molar-refractivity contribution in [2.75, 3.05) is 0 Å². The van der Waals surface area contributed by atoms with Crippen molar-refractivity contribution in [3.63, 3.8) is 0 Å². The Kier molecular flexibility index (Phi) is 4.64. The van der Waals surface area contributed by atoms with Gasteiger partial charge in [0, 0.05) is 11.4 Å². The van der Waals surface area contributed by atoms with E-state index >= 15 is 0 Å². The summed E-state index contributed by atoms with van der Waals surface area (Å²) in [6.45, 7) is 2.06. The minimum absolute atomic E-state index is 0.119. The van der Waals surface area contributed by atoms with Crippen LogP contribution in [0.4, 0.5) is 0 Å². The predicted molar refractivity (Wildman–Crippen MR) is 115 cm³/mol. The summed E-state index contributed by atoms with van der Waals surface area (Å²) >= 11 is 6.02. The smallest absolute Gasteiger partial charge is 0.263 e. The number of imidazole rings is 1. The largest absolute Gasteiger partial charge is 0.467 e. The number of fused-ring (bicyclic) bond motifs is 1. The molecule has 0 saturated heterocycles. The fraction of sp³-hybridized carbons (Fsp3) is 0.174. The van der Waals surface area contributed by atoms with Gasteiger partial charge in [-0.2, -0.15) is 5.10 Å². The molecule has 0 radical (unpaired) electrons. The number of hydrazone groups is 1. The highest BCUT2D eigenvalue weighted by molar-refractivity contribution is 6.30. The van der Waals surface area contributed by atoms with E-state index in [1.165, 1.54) is 5.01 Å². The van der Waals surface area contributed by atoms with Crippen molar-refractivity contribution in [3.05, 3.63) is 89.1 Å². The fourth-order valence-electron chi connectivity index (χ4n) is 3.86. The normalized spacial score (nSPS) is 16.3. The molecule has 1 atom stereocenters. The van der Waals surface area contributed by atoms with Gasteiger partial charge in [-0.1, -0.05) is 35.9 Å². The number of amides is 1. The number of aryl methyl sites for hydroxylation is 1. The molecule has 0 aliphatic carbocycles. The first-order valence-corrected chi connectivity index (χ1v) is 10.1. The minimum atomic E-state index is -0.284. The van der Waals surface area contributed by atoms with Crippen LogP contribution in [0, 0.1) is 6.92 Å². The molecule has 4 aromatic rings. The summed E-state index contributed by atoms with van der Waals surface area (Å²) in [4.78, 5) is 17.9. The lowest BCUT2D eigenvalue weighted by atomic mass is 10.0. The quantitative estimate of drug-likeness (QED) is 0.470. The number of carbonyl (C=O) groups is 1. The standard InChI is InChI=1S/C23H19ClN4O2/c1-15-25-18-5-2-3-6-20(18)27(15)14-23(29)28-21(22-7-4-12-30-22)13-19(26-28)16-8-10-17(24)11-9-16/h2-12,21H,13-14H2,1H3/t21-/m0/s1. The van der Waals surface area contributed by atoms with Gasteiger partial charge in [0.2, 0.25) is 0 Å². The Morgan fingerprint density at radius 3 is 2.70 bits per heavy atom. The fourth-order valence-corrected chi connectivity index (χ4v) is 3.99. The molecule has 1 aliphatic heterocycles. The van der Waals surface area contributed by atoms with Gasteiger partial charge >= 0.3 is 0 Å². The maximum atomic E-state index is 13.4. The van der Waals surface area contributed by atoms with Crippen LogP contribution in [0.2, 0.25) is 5.02 Å². The minimum Gasteiger partial charge on any atom is -0.467 e. The Bertz CT molecular complexity index is 1240. The average molecular weight is 419 g/mol. The summed E-state index contributed by atoms with van der Waals surface area (Å²) in [5.41, 5.74) is 3.57. The second-order valence-corrected chi connectivity index (χ2v) is 7.70. The van der Waals surface area contributed by atoms with Crippen LogP contribution < -0.4 is 0 Å². The van der Waals surface area contributed by atoms with Gasteiger partial charge in [-0.25, -0.2) is 9.99 Å². The number of nitrogens with zero attached hydrogens (tertiary/aromatic N) is 4. The molecule has 0 bridgehead atoms. The van der Waals surface area contributed by atoms with E-state index in [1.807, 2.05) is 72.2 Å². The number of halogens is 1. The molecule has 2 aromatic heterocycles. The molecule has 7 heteroatoms. The molecule has 30 heavy (non-hydrogen) atoms. The zero-order valence-electron chi connectivity index (χ0n) is 16.3. The lowest BCUT2D eigenvalue weighted by molar-refractivity contribution is -0.134. The van der Waals surface area contributed by atoms with E-state index in [2.05, 4.69) is 10.1 Å². The van der Waals surface area contributed by atoms with Gasteiger partial charge in [0.05, 0.1) is 23.0 Å². The monoisotopic (exact) mass is 418 g/mol. The van der Waals surface area contributed by atoms with Crippen molar-refractivity contribution in [1.29, 1.82) is 0 Å². The number of para-hydroxylation sites is 2. The molecule has 2 aromatic carbocycles. The lowest BCUT2D eigenvalue weighted by Crippen LogP contribution is -2.30. The maximum absolute atomic E-state index is 13.4. The second kappa shape index (κ2) is 7.46. The molecule has 0 spiro atoms. The van der Waals surface area contributed by atoms with Crippen LogP contribution in [0.25, 0.3) is 11.0 Å². The van der Waals surface area contributed by atoms with Crippen LogP contribution in [0.3, 0.4) is 0 Å². The number of carbonyl (C=O) groups excluding carboxylic acids is 1. The Balaban J connectivity index is 1.49. The van der Waals surface area contributed by atoms with Crippen LogP contribution in [0.5, 0.6) is 0 Å². The maximum Gasteiger partial charge on any atom is 0.263 e. The van der Waals surface area contributed by atoms with E-state index < -0.39 is 0 Å². The van der Waals surface area contributed by atoms with E-state index in [-0.39, 0.29) is 18.5 Å². The topological polar surface area (TPSA) is 63.6 Å². The molecule has 5 rings (SSSR count). The molecule has 1 aliphatic rings. The van der Waals surface area contributed by atoms with Crippen LogP contribution in [0.15, 0.2) is 76.4 Å². The number of hydrogen-bond donors (Lipinski definition) is 0. The average Bonchev–Trinajstić information content (AvgIpc) is 3.48. The summed E-state index contributed by atoms with van der Waals surface area (Å²) < 4.78 is 7.55. The Labute approximate surface area is 178 Å². The third-order valence-corrected chi connectivity index (χ3v) is 5.61. The van der Waals surface area contributed by atoms with E-state index in [9.17, 15) is 4.79 Å². The Morgan fingerprint density at radius 1 is 1.13 bits per heavy atom. The van der Waals surface area contributed by atoms with Crippen molar-refractivity contribution in [1.82, 2.24) is 14.6 Å². The van der Waals surface area contributed by atoms with Crippen molar-refractivity contribution in [2.24, 2.45) is 5.10 Å². The van der Waals surface area contributed by atoms with Gasteiger partial charge in [0.1, 0.15) is 24.2 Å². The SMILES string of the molecule is Cc1nc2ccccc2n1CC(=O)N1N=C(c2ccc(Cl)cc2)C[C@H]1c1ccco1. The number of aromatic nitrogens is 2. The second-order valence-electron chi connectivity index (χ2n) is 7.26. The number of furan rings is 1. The molecule has 1 amide bonds. The van der Waals surface area contributed by atoms with Crippen molar-refractivity contribution >= 4 is 34.3 Å². The summed E-state index contributed by atoms with van der Waals surface area (Å²) in [5.74, 6) is 1.38. The van der Waals surface area contributed by atoms with Gasteiger partial charge in [0.15, 0.2) is 0 Å². The zero-order valence-corrected chi connectivity index (χ0v) is 17.1. The van der Waals surface area contributed by atoms with Gasteiger partial charge in [0.25, 0.3) is 5.91 Å². The van der Waals surface area contributed by atoms with E-state index in [0.717, 1.165) is 28.1 Å². The molecule has 0 N–H and O–H groups in total. The number of rotatable bonds is 4. The first-order chi connectivity index (χ1) is 14.6. The molecule has 0 unspecified atom stereocenters. The predicted octanol–water partition coefficient (Wildman–Crippen LogP) is 4.97. The molecular formula is C23H19ClN4O2. The number of hydrogen-bond acceptors (Lipinski definition) is 4. The van der Waals surface area contributed by atoms with E-state index in [4.69, 9.17) is 16.0 Å². The van der Waals surface area contributed by atoms with Gasteiger partial charge in [-0.05, 0) is 48.9 Å².